The minimum Gasteiger partial charge on any atom is -0.457 e. The number of nitrogens with one attached hydrogen (secondary N) is 2. The number of ether oxygens (including phenoxy) is 1. The molecule has 10 heteroatoms. The molecule has 39 heavy (non-hydrogen) atoms. The molecule has 0 saturated carbocycles. The Morgan fingerprint density at radius 2 is 1.62 bits per heavy atom. The van der Waals surface area contributed by atoms with Crippen molar-refractivity contribution < 1.29 is 19.1 Å². The third-order valence-corrected chi connectivity index (χ3v) is 6.85. The van der Waals surface area contributed by atoms with E-state index in [1.54, 1.807) is 35.4 Å². The Balaban J connectivity index is 1.13. The molecule has 3 aromatic rings. The van der Waals surface area contributed by atoms with E-state index in [4.69, 9.17) is 4.74 Å². The number of nitrogens with zero attached hydrogens (tertiary/aromatic N) is 4. The first-order valence-electron chi connectivity index (χ1n) is 13.1. The van der Waals surface area contributed by atoms with E-state index in [-0.39, 0.29) is 30.7 Å². The molecule has 1 aromatic heterocycles. The zero-order chi connectivity index (χ0) is 27.0. The topological polar surface area (TPSA) is 107 Å². The summed E-state index contributed by atoms with van der Waals surface area (Å²) in [4.78, 5) is 49.0. The molecule has 1 atom stereocenters. The van der Waals surface area contributed by atoms with E-state index < -0.39 is 6.04 Å². The first kappa shape index (κ1) is 26.2. The minimum atomic E-state index is -0.846. The standard InChI is InChI=1S/C29H32N6O4/c36-27(32-22-9-11-24(12-10-22)39-23-6-2-1-3-7-23)20-25-29(38)31-14-15-35(25)28(37)21-33-16-18-34(19-17-33)26-8-4-5-13-30-26/h1-13,25H,14-21H2,(H,31,38)(H,32,36)/t25-/m0/s1. The highest BCUT2D eigenvalue weighted by molar-refractivity contribution is 5.97. The van der Waals surface area contributed by atoms with E-state index in [1.807, 2.05) is 48.5 Å². The lowest BCUT2D eigenvalue weighted by atomic mass is 10.1. The van der Waals surface area contributed by atoms with Crippen LogP contribution in [-0.2, 0) is 14.4 Å². The Kier molecular flexibility index (Phi) is 8.33. The van der Waals surface area contributed by atoms with E-state index in [9.17, 15) is 14.4 Å². The number of pyridine rings is 1. The van der Waals surface area contributed by atoms with Gasteiger partial charge in [-0.15, -0.1) is 0 Å². The number of aromatic nitrogens is 1. The van der Waals surface area contributed by atoms with Gasteiger partial charge in [-0.3, -0.25) is 19.3 Å². The monoisotopic (exact) mass is 528 g/mol. The number of carbonyl (C=O) groups is 3. The number of amides is 3. The summed E-state index contributed by atoms with van der Waals surface area (Å²) >= 11 is 0. The van der Waals surface area contributed by atoms with Gasteiger partial charge in [0.05, 0.1) is 13.0 Å². The Bertz CT molecular complexity index is 1260. The van der Waals surface area contributed by atoms with Gasteiger partial charge in [0.25, 0.3) is 0 Å². The summed E-state index contributed by atoms with van der Waals surface area (Å²) in [6, 6.07) is 21.4. The van der Waals surface area contributed by atoms with Crippen molar-refractivity contribution in [3.05, 3.63) is 79.0 Å². The van der Waals surface area contributed by atoms with Gasteiger partial charge in [-0.1, -0.05) is 24.3 Å². The van der Waals surface area contributed by atoms with Crippen molar-refractivity contribution in [1.29, 1.82) is 0 Å². The molecule has 2 N–H and O–H groups in total. The second-order valence-corrected chi connectivity index (χ2v) is 9.54. The highest BCUT2D eigenvalue weighted by atomic mass is 16.5. The molecular weight excluding hydrogens is 496 g/mol. The van der Waals surface area contributed by atoms with E-state index in [0.717, 1.165) is 37.7 Å². The lowest BCUT2D eigenvalue weighted by molar-refractivity contribution is -0.145. The number of rotatable bonds is 8. The lowest BCUT2D eigenvalue weighted by Gasteiger charge is -2.38. The highest BCUT2D eigenvalue weighted by Gasteiger charge is 2.35. The summed E-state index contributed by atoms with van der Waals surface area (Å²) in [5.41, 5.74) is 0.584. The molecule has 2 aliphatic rings. The van der Waals surface area contributed by atoms with Crippen LogP contribution in [0, 0.1) is 0 Å². The van der Waals surface area contributed by atoms with Gasteiger partial charge < -0.3 is 25.2 Å². The van der Waals surface area contributed by atoms with Crippen molar-refractivity contribution in [2.75, 3.05) is 56.0 Å². The summed E-state index contributed by atoms with van der Waals surface area (Å²) in [6.07, 6.45) is 1.66. The van der Waals surface area contributed by atoms with Crippen molar-refractivity contribution in [2.24, 2.45) is 0 Å². The van der Waals surface area contributed by atoms with Crippen LogP contribution in [0.25, 0.3) is 0 Å². The lowest BCUT2D eigenvalue weighted by Crippen LogP contribution is -2.60. The second kappa shape index (κ2) is 12.4. The summed E-state index contributed by atoms with van der Waals surface area (Å²) in [7, 11) is 0. The van der Waals surface area contributed by atoms with Crippen LogP contribution in [0.3, 0.4) is 0 Å². The molecule has 2 aromatic carbocycles. The smallest absolute Gasteiger partial charge is 0.243 e. The fourth-order valence-electron chi connectivity index (χ4n) is 4.79. The average Bonchev–Trinajstić information content (AvgIpc) is 2.96. The molecule has 5 rings (SSSR count). The minimum absolute atomic E-state index is 0.118. The third kappa shape index (κ3) is 6.91. The predicted molar refractivity (Wildman–Crippen MR) is 148 cm³/mol. The SMILES string of the molecule is O=C(C[C@H]1C(=O)NCCN1C(=O)CN1CCN(c2ccccn2)CC1)Nc1ccc(Oc2ccccc2)cc1. The van der Waals surface area contributed by atoms with Gasteiger partial charge in [0.2, 0.25) is 17.7 Å². The maximum atomic E-state index is 13.2. The van der Waals surface area contributed by atoms with Crippen LogP contribution in [0.4, 0.5) is 11.5 Å². The molecular formula is C29H32N6O4. The van der Waals surface area contributed by atoms with Crippen molar-refractivity contribution in [3.63, 3.8) is 0 Å². The summed E-state index contributed by atoms with van der Waals surface area (Å²) in [5.74, 6) is 1.50. The van der Waals surface area contributed by atoms with Crippen LogP contribution in [0.2, 0.25) is 0 Å². The molecule has 0 radical (unpaired) electrons. The van der Waals surface area contributed by atoms with E-state index in [2.05, 4.69) is 25.4 Å². The molecule has 0 bridgehead atoms. The predicted octanol–water partition coefficient (Wildman–Crippen LogP) is 2.35. The van der Waals surface area contributed by atoms with Crippen LogP contribution in [0.15, 0.2) is 79.0 Å². The van der Waals surface area contributed by atoms with Crippen LogP contribution in [-0.4, -0.2) is 84.4 Å². The number of anilines is 2. The zero-order valence-corrected chi connectivity index (χ0v) is 21.7. The highest BCUT2D eigenvalue weighted by Crippen LogP contribution is 2.23. The van der Waals surface area contributed by atoms with Crippen molar-refractivity contribution in [2.45, 2.75) is 12.5 Å². The van der Waals surface area contributed by atoms with Crippen LogP contribution in [0.1, 0.15) is 6.42 Å². The maximum absolute atomic E-state index is 13.2. The van der Waals surface area contributed by atoms with Gasteiger partial charge in [0.1, 0.15) is 23.4 Å². The Morgan fingerprint density at radius 1 is 0.897 bits per heavy atom. The average molecular weight is 529 g/mol. The first-order valence-corrected chi connectivity index (χ1v) is 13.1. The Labute approximate surface area is 227 Å². The van der Waals surface area contributed by atoms with Gasteiger partial charge in [-0.05, 0) is 48.5 Å². The molecule has 0 aliphatic carbocycles. The van der Waals surface area contributed by atoms with E-state index in [1.165, 1.54) is 0 Å². The van der Waals surface area contributed by atoms with Crippen molar-refractivity contribution in [3.8, 4) is 11.5 Å². The van der Waals surface area contributed by atoms with Crippen molar-refractivity contribution in [1.82, 2.24) is 20.1 Å². The molecule has 3 heterocycles. The van der Waals surface area contributed by atoms with Crippen LogP contribution < -0.4 is 20.3 Å². The van der Waals surface area contributed by atoms with Crippen LogP contribution in [0.5, 0.6) is 11.5 Å². The van der Waals surface area contributed by atoms with Crippen molar-refractivity contribution >= 4 is 29.2 Å². The number of benzene rings is 2. The number of hydrogen-bond acceptors (Lipinski definition) is 7. The normalized spacial score (nSPS) is 17.8. The molecule has 2 aliphatic heterocycles. The van der Waals surface area contributed by atoms with E-state index in [0.29, 0.717) is 24.5 Å². The fraction of sp³-hybridized carbons (Fsp3) is 0.310. The third-order valence-electron chi connectivity index (χ3n) is 6.85. The molecule has 0 spiro atoms. The largest absolute Gasteiger partial charge is 0.457 e. The summed E-state index contributed by atoms with van der Waals surface area (Å²) in [6.45, 7) is 3.94. The Hall–Kier alpha value is -4.44. The van der Waals surface area contributed by atoms with Gasteiger partial charge in [-0.25, -0.2) is 4.98 Å². The Morgan fingerprint density at radius 3 is 2.33 bits per heavy atom. The van der Waals surface area contributed by atoms with E-state index >= 15 is 0 Å². The van der Waals surface area contributed by atoms with Gasteiger partial charge in [0.15, 0.2) is 0 Å². The molecule has 202 valence electrons. The van der Waals surface area contributed by atoms with Crippen LogP contribution >= 0.6 is 0 Å². The number of carbonyl (C=O) groups excluding carboxylic acids is 3. The first-order chi connectivity index (χ1) is 19.0. The van der Waals surface area contributed by atoms with Gasteiger partial charge in [-0.2, -0.15) is 0 Å². The fourth-order valence-corrected chi connectivity index (χ4v) is 4.79. The molecule has 0 unspecified atom stereocenters. The second-order valence-electron chi connectivity index (χ2n) is 9.54. The molecule has 3 amide bonds. The van der Waals surface area contributed by atoms with Gasteiger partial charge >= 0.3 is 0 Å². The molecule has 10 nitrogen and oxygen atoms in total. The summed E-state index contributed by atoms with van der Waals surface area (Å²) < 4.78 is 5.79. The number of piperazine rings is 2. The quantitative estimate of drug-likeness (QED) is 0.462. The summed E-state index contributed by atoms with van der Waals surface area (Å²) in [5, 5.41) is 5.62. The number of para-hydroxylation sites is 1. The maximum Gasteiger partial charge on any atom is 0.243 e. The molecule has 2 saturated heterocycles. The number of hydrogen-bond donors (Lipinski definition) is 2. The van der Waals surface area contributed by atoms with Gasteiger partial charge in [0, 0.05) is 51.2 Å². The zero-order valence-electron chi connectivity index (χ0n) is 21.7. The molecule has 2 fully saturated rings.